The van der Waals surface area contributed by atoms with Crippen molar-refractivity contribution in [2.45, 2.75) is 56.1 Å². The molecule has 2 aliphatic rings. The molecule has 3 atom stereocenters. The van der Waals surface area contributed by atoms with Crippen LogP contribution in [0.4, 0.5) is 8.78 Å². The lowest BCUT2D eigenvalue weighted by molar-refractivity contribution is -0.155. The molecule has 0 aromatic heterocycles. The van der Waals surface area contributed by atoms with Crippen molar-refractivity contribution in [3.63, 3.8) is 0 Å². The summed E-state index contributed by atoms with van der Waals surface area (Å²) in [6, 6.07) is 7.65. The van der Waals surface area contributed by atoms with Gasteiger partial charge in [-0.2, -0.15) is 0 Å². The van der Waals surface area contributed by atoms with Crippen molar-refractivity contribution in [1.82, 2.24) is 4.90 Å². The highest BCUT2D eigenvalue weighted by molar-refractivity contribution is 6.30. The monoisotopic (exact) mass is 523 g/mol. The summed E-state index contributed by atoms with van der Waals surface area (Å²) in [4.78, 5) is 26.6. The Labute approximate surface area is 212 Å². The molecule has 0 radical (unpaired) electrons. The van der Waals surface area contributed by atoms with Gasteiger partial charge < -0.3 is 24.6 Å². The number of hydrogen-bond acceptors (Lipinski definition) is 5. The number of methoxy groups -OCH3 is 1. The van der Waals surface area contributed by atoms with E-state index in [1.807, 2.05) is 0 Å². The molecule has 194 valence electrons. The van der Waals surface area contributed by atoms with E-state index in [2.05, 4.69) is 0 Å². The summed E-state index contributed by atoms with van der Waals surface area (Å²) in [7, 11) is 1.29. The van der Waals surface area contributed by atoms with Crippen molar-refractivity contribution < 1.29 is 38.1 Å². The quantitative estimate of drug-likeness (QED) is 0.510. The first kappa shape index (κ1) is 26.5. The number of aliphatic carboxylic acids is 1. The van der Waals surface area contributed by atoms with E-state index in [-0.39, 0.29) is 49.2 Å². The number of carbonyl (C=O) groups excluding carboxylic acids is 1. The third-order valence-corrected chi connectivity index (χ3v) is 7.54. The number of hydrogen-bond donors (Lipinski definition) is 2. The van der Waals surface area contributed by atoms with Crippen LogP contribution in [0, 0.1) is 5.82 Å². The second-order valence-electron chi connectivity index (χ2n) is 9.18. The number of halogens is 3. The van der Waals surface area contributed by atoms with Crippen LogP contribution in [0.25, 0.3) is 0 Å². The number of amides is 1. The van der Waals surface area contributed by atoms with Crippen LogP contribution in [0.15, 0.2) is 36.4 Å². The zero-order valence-electron chi connectivity index (χ0n) is 20.0. The zero-order chi connectivity index (χ0) is 26.3. The Morgan fingerprint density at radius 3 is 2.50 bits per heavy atom. The van der Waals surface area contributed by atoms with Crippen LogP contribution in [0.2, 0.25) is 5.02 Å². The zero-order valence-corrected chi connectivity index (χ0v) is 20.7. The first-order valence-electron chi connectivity index (χ1n) is 11.7. The van der Waals surface area contributed by atoms with Gasteiger partial charge in [0, 0.05) is 43.8 Å². The van der Waals surface area contributed by atoms with Gasteiger partial charge in [-0.05, 0) is 41.8 Å². The van der Waals surface area contributed by atoms with Crippen molar-refractivity contribution in [2.24, 2.45) is 0 Å². The van der Waals surface area contributed by atoms with Gasteiger partial charge in [-0.3, -0.25) is 9.59 Å². The molecule has 10 heteroatoms. The van der Waals surface area contributed by atoms with Crippen LogP contribution >= 0.6 is 11.6 Å². The van der Waals surface area contributed by atoms with Gasteiger partial charge in [0.25, 0.3) is 5.91 Å². The first-order chi connectivity index (χ1) is 17.1. The molecule has 3 unspecified atom stereocenters. The van der Waals surface area contributed by atoms with E-state index in [1.54, 1.807) is 31.2 Å². The van der Waals surface area contributed by atoms with Gasteiger partial charge >= 0.3 is 5.97 Å². The van der Waals surface area contributed by atoms with Crippen LogP contribution in [0.5, 0.6) is 0 Å². The van der Waals surface area contributed by atoms with E-state index < -0.39 is 47.7 Å². The third-order valence-electron chi connectivity index (χ3n) is 7.29. The number of fused-ring (bicyclic) bond motifs is 1. The summed E-state index contributed by atoms with van der Waals surface area (Å²) < 4.78 is 42.3. The van der Waals surface area contributed by atoms with Gasteiger partial charge in [0.05, 0.1) is 18.0 Å². The fourth-order valence-corrected chi connectivity index (χ4v) is 5.45. The molecule has 2 aromatic carbocycles. The number of carboxylic acid groups (broad SMARTS) is 1. The van der Waals surface area contributed by atoms with E-state index in [0.29, 0.717) is 10.6 Å². The van der Waals surface area contributed by atoms with Crippen LogP contribution < -0.4 is 0 Å². The minimum absolute atomic E-state index is 0.0558. The van der Waals surface area contributed by atoms with Crippen LogP contribution in [-0.4, -0.2) is 53.0 Å². The Hall–Kier alpha value is -2.59. The average Bonchev–Trinajstić information content (AvgIpc) is 3.14. The first-order valence-corrected chi connectivity index (χ1v) is 12.1. The number of benzene rings is 2. The lowest BCUT2D eigenvalue weighted by Gasteiger charge is -2.43. The molecule has 1 fully saturated rings. The van der Waals surface area contributed by atoms with Crippen molar-refractivity contribution in [3.8, 4) is 0 Å². The summed E-state index contributed by atoms with van der Waals surface area (Å²) in [5.41, 5.74) is -3.91. The molecule has 2 aliphatic heterocycles. The van der Waals surface area contributed by atoms with E-state index in [0.717, 1.165) is 6.07 Å². The van der Waals surface area contributed by atoms with Gasteiger partial charge in [0.2, 0.25) is 0 Å². The molecule has 2 heterocycles. The highest BCUT2D eigenvalue weighted by atomic mass is 35.5. The molecule has 7 nitrogen and oxygen atoms in total. The number of aliphatic hydroxyl groups is 1. The second kappa shape index (κ2) is 10.0. The molecule has 0 aliphatic carbocycles. The van der Waals surface area contributed by atoms with Crippen molar-refractivity contribution in [1.29, 1.82) is 0 Å². The lowest BCUT2D eigenvalue weighted by Crippen LogP contribution is -2.51. The summed E-state index contributed by atoms with van der Waals surface area (Å²) in [5, 5.41) is 21.5. The molecule has 0 spiro atoms. The molecule has 36 heavy (non-hydrogen) atoms. The van der Waals surface area contributed by atoms with Gasteiger partial charge in [-0.15, -0.1) is 0 Å². The number of carbonyl (C=O) groups is 2. The Bertz CT molecular complexity index is 1150. The minimum Gasteiger partial charge on any atom is -0.481 e. The molecule has 0 saturated carbocycles. The predicted octanol–water partition coefficient (Wildman–Crippen LogP) is 4.91. The maximum Gasteiger partial charge on any atom is 0.305 e. The highest BCUT2D eigenvalue weighted by Gasteiger charge is 2.53. The topological polar surface area (TPSA) is 96.3 Å². The number of alkyl halides is 1. The second-order valence-corrected chi connectivity index (χ2v) is 9.61. The number of carboxylic acids is 1. The summed E-state index contributed by atoms with van der Waals surface area (Å²) in [6.07, 6.45) is -1.90. The molecule has 1 saturated heterocycles. The van der Waals surface area contributed by atoms with Crippen LogP contribution in [-0.2, 0) is 19.9 Å². The largest absolute Gasteiger partial charge is 0.481 e. The van der Waals surface area contributed by atoms with Gasteiger partial charge in [-0.1, -0.05) is 30.7 Å². The molecule has 4 rings (SSSR count). The number of nitrogens with zero attached hydrogens (tertiary/aromatic N) is 1. The van der Waals surface area contributed by atoms with E-state index in [9.17, 15) is 19.8 Å². The number of ether oxygens (including phenoxy) is 2. The predicted molar refractivity (Wildman–Crippen MR) is 127 cm³/mol. The number of rotatable bonds is 8. The Morgan fingerprint density at radius 2 is 1.94 bits per heavy atom. The van der Waals surface area contributed by atoms with Gasteiger partial charge in [-0.25, -0.2) is 8.78 Å². The van der Waals surface area contributed by atoms with Crippen molar-refractivity contribution >= 4 is 23.5 Å². The smallest absolute Gasteiger partial charge is 0.305 e. The fourth-order valence-electron chi connectivity index (χ4n) is 5.32. The average molecular weight is 524 g/mol. The molecular formula is C26H28ClF2NO6. The normalized spacial score (nSPS) is 21.7. The van der Waals surface area contributed by atoms with Gasteiger partial charge in [0.1, 0.15) is 17.1 Å². The van der Waals surface area contributed by atoms with Crippen molar-refractivity contribution in [2.75, 3.05) is 20.3 Å². The summed E-state index contributed by atoms with van der Waals surface area (Å²) in [6.45, 7) is 1.82. The van der Waals surface area contributed by atoms with Crippen LogP contribution in [0.3, 0.4) is 0 Å². The fraction of sp³-hybridized carbons (Fsp3) is 0.462. The summed E-state index contributed by atoms with van der Waals surface area (Å²) in [5.74, 6) is -2.70. The van der Waals surface area contributed by atoms with E-state index in [4.69, 9.17) is 21.1 Å². The molecule has 1 amide bonds. The SMILES string of the molecule is CCC(O)(c1cc(F)c2c(c1)C(=O)N(C(CC(=O)O)c1ccc(Cl)cc1)C2OC)C1(F)CCOCC1. The Balaban J connectivity index is 1.82. The lowest BCUT2D eigenvalue weighted by atomic mass is 9.72. The molecule has 2 aromatic rings. The Kier molecular flexibility index (Phi) is 7.39. The standard InChI is InChI=1S/C26H28ClF2NO6/c1-3-26(34,25(29)8-10-36-11-9-25)16-12-18-22(19(28)13-16)24(35-2)30(23(18)33)20(14-21(31)32)15-4-6-17(27)7-5-15/h4-7,12-13,20,24,34H,3,8-11,14H2,1-2H3,(H,31,32). The van der Waals surface area contributed by atoms with E-state index in [1.165, 1.54) is 18.1 Å². The third kappa shape index (κ3) is 4.38. The van der Waals surface area contributed by atoms with Crippen molar-refractivity contribution in [3.05, 3.63) is 69.5 Å². The maximum atomic E-state index is 16.0. The maximum absolute atomic E-state index is 16.0. The van der Waals surface area contributed by atoms with Crippen LogP contribution in [0.1, 0.15) is 71.9 Å². The van der Waals surface area contributed by atoms with Gasteiger partial charge in [0.15, 0.2) is 6.23 Å². The summed E-state index contributed by atoms with van der Waals surface area (Å²) >= 11 is 5.98. The molecule has 0 bridgehead atoms. The highest BCUT2D eigenvalue weighted by Crippen LogP contribution is 2.49. The molecular weight excluding hydrogens is 496 g/mol. The Morgan fingerprint density at radius 1 is 1.31 bits per heavy atom. The van der Waals surface area contributed by atoms with E-state index >= 15 is 8.78 Å². The minimum atomic E-state index is -2.07. The molecule has 2 N–H and O–H groups in total.